The van der Waals surface area contributed by atoms with Crippen LogP contribution in [0.3, 0.4) is 0 Å². The maximum Gasteiger partial charge on any atom is 0.137 e. The Hall–Kier alpha value is -0.450. The Morgan fingerprint density at radius 2 is 2.22 bits per heavy atom. The van der Waals surface area contributed by atoms with Gasteiger partial charge in [0.15, 0.2) is 0 Å². The predicted molar refractivity (Wildman–Crippen MR) is 76.1 cm³/mol. The number of piperidine rings is 1. The van der Waals surface area contributed by atoms with Crippen molar-refractivity contribution in [3.8, 4) is 0 Å². The van der Waals surface area contributed by atoms with E-state index in [1.54, 1.807) is 0 Å². The zero-order valence-electron chi connectivity index (χ0n) is 11.0. The first-order valence-electron chi connectivity index (χ1n) is 6.39. The second kappa shape index (κ2) is 6.13. The predicted octanol–water partition coefficient (Wildman–Crippen LogP) is 3.11. The lowest BCUT2D eigenvalue weighted by Crippen LogP contribution is -2.44. The minimum Gasteiger partial charge on any atom is -0.305 e. The normalized spacial score (nSPS) is 21.5. The van der Waals surface area contributed by atoms with Crippen LogP contribution in [0.15, 0.2) is 22.7 Å². The van der Waals surface area contributed by atoms with Gasteiger partial charge in [0, 0.05) is 19.1 Å². The van der Waals surface area contributed by atoms with Crippen molar-refractivity contribution in [1.82, 2.24) is 9.80 Å². The summed E-state index contributed by atoms with van der Waals surface area (Å²) in [7, 11) is 4.28. The fourth-order valence-corrected chi connectivity index (χ4v) is 2.92. The third-order valence-corrected chi connectivity index (χ3v) is 4.21. The average Bonchev–Trinajstić information content (AvgIpc) is 2.34. The van der Waals surface area contributed by atoms with Crippen molar-refractivity contribution >= 4 is 15.9 Å². The van der Waals surface area contributed by atoms with Crippen molar-refractivity contribution in [2.24, 2.45) is 0 Å². The maximum absolute atomic E-state index is 13.2. The second-order valence-electron chi connectivity index (χ2n) is 5.24. The van der Waals surface area contributed by atoms with Crippen LogP contribution in [0.5, 0.6) is 0 Å². The highest BCUT2D eigenvalue weighted by Gasteiger charge is 2.21. The van der Waals surface area contributed by atoms with E-state index in [0.717, 1.165) is 19.6 Å². The largest absolute Gasteiger partial charge is 0.305 e. The first kappa shape index (κ1) is 14.0. The van der Waals surface area contributed by atoms with Crippen LogP contribution in [0.25, 0.3) is 0 Å². The molecule has 1 atom stereocenters. The molecule has 0 saturated carbocycles. The molecule has 0 amide bonds. The van der Waals surface area contributed by atoms with Crippen molar-refractivity contribution in [3.63, 3.8) is 0 Å². The number of benzene rings is 1. The Balaban J connectivity index is 1.98. The molecule has 1 saturated heterocycles. The molecule has 1 fully saturated rings. The summed E-state index contributed by atoms with van der Waals surface area (Å²) < 4.78 is 13.7. The Kier molecular flexibility index (Phi) is 4.76. The molecule has 100 valence electrons. The monoisotopic (exact) mass is 314 g/mol. The number of likely N-dealkylation sites (N-methyl/N-ethyl adjacent to an activating group) is 1. The minimum atomic E-state index is -0.191. The van der Waals surface area contributed by atoms with Crippen LogP contribution in [-0.2, 0) is 6.54 Å². The number of nitrogens with zero attached hydrogens (tertiary/aromatic N) is 2. The molecule has 1 aliphatic heterocycles. The maximum atomic E-state index is 13.2. The molecule has 1 heterocycles. The molecule has 0 bridgehead atoms. The van der Waals surface area contributed by atoms with E-state index in [9.17, 15) is 4.39 Å². The molecule has 1 aliphatic rings. The standard InChI is InChI=1S/C14H20BrFN2/c1-17(2)12-4-3-7-18(10-12)9-11-5-6-14(16)13(15)8-11/h5-6,8,12H,3-4,7,9-10H2,1-2H3. The van der Waals surface area contributed by atoms with Crippen LogP contribution in [0.4, 0.5) is 4.39 Å². The zero-order valence-corrected chi connectivity index (χ0v) is 12.6. The number of hydrogen-bond donors (Lipinski definition) is 0. The fraction of sp³-hybridized carbons (Fsp3) is 0.571. The topological polar surface area (TPSA) is 6.48 Å². The van der Waals surface area contributed by atoms with E-state index in [-0.39, 0.29) is 5.82 Å². The molecule has 0 N–H and O–H groups in total. The van der Waals surface area contributed by atoms with Crippen LogP contribution in [0.1, 0.15) is 18.4 Å². The minimum absolute atomic E-state index is 0.191. The number of halogens is 2. The van der Waals surface area contributed by atoms with Gasteiger partial charge in [-0.3, -0.25) is 4.90 Å². The van der Waals surface area contributed by atoms with Crippen molar-refractivity contribution < 1.29 is 4.39 Å². The Bertz CT molecular complexity index is 409. The van der Waals surface area contributed by atoms with Gasteiger partial charge in [-0.15, -0.1) is 0 Å². The highest BCUT2D eigenvalue weighted by Crippen LogP contribution is 2.20. The molecule has 0 aliphatic carbocycles. The molecular weight excluding hydrogens is 295 g/mol. The fourth-order valence-electron chi connectivity index (χ4n) is 2.49. The molecule has 18 heavy (non-hydrogen) atoms. The van der Waals surface area contributed by atoms with Crippen LogP contribution in [0.2, 0.25) is 0 Å². The molecule has 1 aromatic rings. The van der Waals surface area contributed by atoms with Gasteiger partial charge in [-0.05, 0) is 67.1 Å². The number of hydrogen-bond acceptors (Lipinski definition) is 2. The van der Waals surface area contributed by atoms with Crippen molar-refractivity contribution in [1.29, 1.82) is 0 Å². The molecule has 2 nitrogen and oxygen atoms in total. The van der Waals surface area contributed by atoms with Crippen molar-refractivity contribution in [2.45, 2.75) is 25.4 Å². The zero-order chi connectivity index (χ0) is 13.1. The van der Waals surface area contributed by atoms with E-state index in [2.05, 4.69) is 39.8 Å². The Morgan fingerprint density at radius 1 is 1.44 bits per heavy atom. The summed E-state index contributed by atoms with van der Waals surface area (Å²) in [4.78, 5) is 4.75. The van der Waals surface area contributed by atoms with E-state index in [0.29, 0.717) is 10.5 Å². The molecule has 1 aromatic carbocycles. The van der Waals surface area contributed by atoms with Gasteiger partial charge in [0.05, 0.1) is 4.47 Å². The first-order chi connectivity index (χ1) is 8.56. The molecular formula is C14H20BrFN2. The average molecular weight is 315 g/mol. The summed E-state index contributed by atoms with van der Waals surface area (Å²) in [5.41, 5.74) is 1.17. The van der Waals surface area contributed by atoms with E-state index < -0.39 is 0 Å². The van der Waals surface area contributed by atoms with Gasteiger partial charge in [0.25, 0.3) is 0 Å². The highest BCUT2D eigenvalue weighted by atomic mass is 79.9. The first-order valence-corrected chi connectivity index (χ1v) is 7.18. The van der Waals surface area contributed by atoms with Crippen molar-refractivity contribution in [2.75, 3.05) is 27.2 Å². The molecule has 0 aromatic heterocycles. The third kappa shape index (κ3) is 3.53. The summed E-state index contributed by atoms with van der Waals surface area (Å²) in [6, 6.07) is 5.93. The van der Waals surface area contributed by atoms with Gasteiger partial charge < -0.3 is 4.90 Å². The lowest BCUT2D eigenvalue weighted by molar-refractivity contribution is 0.128. The van der Waals surface area contributed by atoms with Crippen LogP contribution in [-0.4, -0.2) is 43.0 Å². The van der Waals surface area contributed by atoms with E-state index in [4.69, 9.17) is 0 Å². The van der Waals surface area contributed by atoms with E-state index in [1.807, 2.05) is 12.1 Å². The molecule has 2 rings (SSSR count). The highest BCUT2D eigenvalue weighted by molar-refractivity contribution is 9.10. The number of likely N-dealkylation sites (tertiary alicyclic amines) is 1. The lowest BCUT2D eigenvalue weighted by atomic mass is 10.0. The third-order valence-electron chi connectivity index (χ3n) is 3.60. The van der Waals surface area contributed by atoms with Crippen molar-refractivity contribution in [3.05, 3.63) is 34.1 Å². The smallest absolute Gasteiger partial charge is 0.137 e. The molecule has 0 radical (unpaired) electrons. The SMILES string of the molecule is CN(C)C1CCCN(Cc2ccc(F)c(Br)c2)C1. The van der Waals surface area contributed by atoms with Gasteiger partial charge in [0.2, 0.25) is 0 Å². The van der Waals surface area contributed by atoms with E-state index >= 15 is 0 Å². The van der Waals surface area contributed by atoms with Gasteiger partial charge >= 0.3 is 0 Å². The molecule has 4 heteroatoms. The summed E-state index contributed by atoms with van der Waals surface area (Å²) in [6.45, 7) is 3.14. The van der Waals surface area contributed by atoms with Crippen LogP contribution < -0.4 is 0 Å². The van der Waals surface area contributed by atoms with Gasteiger partial charge in [-0.1, -0.05) is 6.07 Å². The van der Waals surface area contributed by atoms with Gasteiger partial charge in [-0.2, -0.15) is 0 Å². The number of rotatable bonds is 3. The summed E-state index contributed by atoms with van der Waals surface area (Å²) in [6.07, 6.45) is 2.52. The summed E-state index contributed by atoms with van der Waals surface area (Å²) >= 11 is 3.24. The van der Waals surface area contributed by atoms with E-state index in [1.165, 1.54) is 24.5 Å². The summed E-state index contributed by atoms with van der Waals surface area (Å²) in [5, 5.41) is 0. The Morgan fingerprint density at radius 3 is 2.89 bits per heavy atom. The molecule has 1 unspecified atom stereocenters. The lowest BCUT2D eigenvalue weighted by Gasteiger charge is -2.36. The second-order valence-corrected chi connectivity index (χ2v) is 6.10. The Labute approximate surface area is 117 Å². The van der Waals surface area contributed by atoms with Crippen LogP contribution in [0, 0.1) is 5.82 Å². The quantitative estimate of drug-likeness (QED) is 0.846. The van der Waals surface area contributed by atoms with Gasteiger partial charge in [-0.25, -0.2) is 4.39 Å². The summed E-state index contributed by atoms with van der Waals surface area (Å²) in [5.74, 6) is -0.191. The van der Waals surface area contributed by atoms with Gasteiger partial charge in [0.1, 0.15) is 5.82 Å². The molecule has 0 spiro atoms. The van der Waals surface area contributed by atoms with Crippen LogP contribution >= 0.6 is 15.9 Å².